The van der Waals surface area contributed by atoms with Gasteiger partial charge in [0.05, 0.1) is 18.4 Å². The minimum absolute atomic E-state index is 0.197. The Morgan fingerprint density at radius 2 is 2.24 bits per heavy atom. The van der Waals surface area contributed by atoms with Crippen molar-refractivity contribution in [2.45, 2.75) is 24.9 Å². The highest BCUT2D eigenvalue weighted by molar-refractivity contribution is 5.95. The Bertz CT molecular complexity index is 431. The van der Waals surface area contributed by atoms with Gasteiger partial charge < -0.3 is 15.8 Å². The van der Waals surface area contributed by atoms with Crippen LogP contribution in [0.25, 0.3) is 0 Å². The second-order valence-corrected chi connectivity index (χ2v) is 4.25. The molecule has 0 aliphatic heterocycles. The highest BCUT2D eigenvalue weighted by Crippen LogP contribution is 2.25. The Balaban J connectivity index is 2.18. The molecule has 0 spiro atoms. The summed E-state index contributed by atoms with van der Waals surface area (Å²) in [7, 11) is 1.30. The molecule has 0 heterocycles. The molecule has 1 aromatic rings. The summed E-state index contributed by atoms with van der Waals surface area (Å²) in [6.45, 7) is 0. The van der Waals surface area contributed by atoms with Crippen LogP contribution >= 0.6 is 0 Å². The summed E-state index contributed by atoms with van der Waals surface area (Å²) in [4.78, 5) is 11.5. The fourth-order valence-electron chi connectivity index (χ4n) is 1.92. The van der Waals surface area contributed by atoms with E-state index >= 15 is 0 Å². The largest absolute Gasteiger partial charge is 0.465 e. The van der Waals surface area contributed by atoms with Gasteiger partial charge in [0, 0.05) is 12.1 Å². The first-order valence-corrected chi connectivity index (χ1v) is 5.50. The van der Waals surface area contributed by atoms with Gasteiger partial charge in [-0.3, -0.25) is 0 Å². The predicted octanol–water partition coefficient (Wildman–Crippen LogP) is 1.51. The zero-order valence-electron chi connectivity index (χ0n) is 9.57. The fraction of sp³-hybridized carbons (Fsp3) is 0.417. The van der Waals surface area contributed by atoms with E-state index in [9.17, 15) is 9.18 Å². The first-order chi connectivity index (χ1) is 8.10. The minimum atomic E-state index is -0.476. The van der Waals surface area contributed by atoms with Crippen LogP contribution in [0.3, 0.4) is 0 Å². The maximum Gasteiger partial charge on any atom is 0.339 e. The second kappa shape index (κ2) is 4.71. The molecule has 0 bridgehead atoms. The van der Waals surface area contributed by atoms with Gasteiger partial charge in [-0.05, 0) is 31.0 Å². The molecule has 2 rings (SSSR count). The van der Waals surface area contributed by atoms with Crippen molar-refractivity contribution in [2.24, 2.45) is 5.73 Å². The predicted molar refractivity (Wildman–Crippen MR) is 62.4 cm³/mol. The van der Waals surface area contributed by atoms with E-state index in [1.54, 1.807) is 0 Å². The molecule has 1 fully saturated rings. The second-order valence-electron chi connectivity index (χ2n) is 4.25. The van der Waals surface area contributed by atoms with E-state index in [0.29, 0.717) is 11.3 Å². The first kappa shape index (κ1) is 11.9. The molecule has 0 atom stereocenters. The Kier molecular flexibility index (Phi) is 3.28. The number of hydrogen-bond acceptors (Lipinski definition) is 4. The Morgan fingerprint density at radius 3 is 2.82 bits per heavy atom. The molecule has 0 aromatic heterocycles. The van der Waals surface area contributed by atoms with E-state index in [4.69, 9.17) is 5.73 Å². The van der Waals surface area contributed by atoms with Gasteiger partial charge in [0.2, 0.25) is 0 Å². The molecule has 17 heavy (non-hydrogen) atoms. The highest BCUT2D eigenvalue weighted by atomic mass is 19.1. The molecule has 1 saturated carbocycles. The number of nitrogens with one attached hydrogen (secondary N) is 1. The van der Waals surface area contributed by atoms with E-state index in [2.05, 4.69) is 10.1 Å². The van der Waals surface area contributed by atoms with Crippen molar-refractivity contribution in [3.63, 3.8) is 0 Å². The topological polar surface area (TPSA) is 64.3 Å². The molecule has 1 aromatic carbocycles. The van der Waals surface area contributed by atoms with Crippen molar-refractivity contribution >= 4 is 11.7 Å². The zero-order valence-corrected chi connectivity index (χ0v) is 9.57. The number of benzene rings is 1. The lowest BCUT2D eigenvalue weighted by atomic mass is 9.87. The Morgan fingerprint density at radius 1 is 1.53 bits per heavy atom. The van der Waals surface area contributed by atoms with E-state index < -0.39 is 5.97 Å². The number of hydrogen-bond donors (Lipinski definition) is 2. The van der Waals surface area contributed by atoms with Gasteiger partial charge in [0.1, 0.15) is 5.82 Å². The Hall–Kier alpha value is -1.62. The van der Waals surface area contributed by atoms with E-state index in [1.807, 2.05) is 0 Å². The van der Waals surface area contributed by atoms with Gasteiger partial charge in [-0.15, -0.1) is 0 Å². The van der Waals surface area contributed by atoms with E-state index in [0.717, 1.165) is 12.8 Å². The number of methoxy groups -OCH3 is 1. The SMILES string of the molecule is COC(=O)c1ccc(F)cc1NC1CC(N)C1. The lowest BCUT2D eigenvalue weighted by Gasteiger charge is -2.34. The van der Waals surface area contributed by atoms with Crippen LogP contribution < -0.4 is 11.1 Å². The first-order valence-electron chi connectivity index (χ1n) is 5.50. The standard InChI is InChI=1S/C12H15FN2O2/c1-17-12(16)10-3-2-7(13)4-11(10)15-9-5-8(14)6-9/h2-4,8-9,15H,5-6,14H2,1H3. The summed E-state index contributed by atoms with van der Waals surface area (Å²) in [5.74, 6) is -0.861. The molecule has 1 aliphatic rings. The van der Waals surface area contributed by atoms with Gasteiger partial charge in [-0.25, -0.2) is 9.18 Å². The smallest absolute Gasteiger partial charge is 0.339 e. The third-order valence-corrected chi connectivity index (χ3v) is 2.92. The van der Waals surface area contributed by atoms with Crippen molar-refractivity contribution in [3.05, 3.63) is 29.6 Å². The number of esters is 1. The van der Waals surface area contributed by atoms with Crippen LogP contribution in [-0.4, -0.2) is 25.2 Å². The average molecular weight is 238 g/mol. The van der Waals surface area contributed by atoms with Crippen molar-refractivity contribution in [1.82, 2.24) is 0 Å². The van der Waals surface area contributed by atoms with Crippen molar-refractivity contribution < 1.29 is 13.9 Å². The number of rotatable bonds is 3. The van der Waals surface area contributed by atoms with Crippen LogP contribution in [0.5, 0.6) is 0 Å². The van der Waals surface area contributed by atoms with E-state index in [1.165, 1.54) is 25.3 Å². The Labute approximate surface area is 98.9 Å². The number of ether oxygens (including phenoxy) is 1. The average Bonchev–Trinajstić information content (AvgIpc) is 2.26. The number of nitrogens with two attached hydrogens (primary N) is 1. The third-order valence-electron chi connectivity index (χ3n) is 2.92. The van der Waals surface area contributed by atoms with Crippen molar-refractivity contribution in [1.29, 1.82) is 0 Å². The van der Waals surface area contributed by atoms with Crippen LogP contribution in [0.4, 0.5) is 10.1 Å². The molecule has 0 saturated heterocycles. The monoisotopic (exact) mass is 238 g/mol. The summed E-state index contributed by atoms with van der Waals surface area (Å²) < 4.78 is 17.8. The number of carbonyl (C=O) groups excluding carboxylic acids is 1. The van der Waals surface area contributed by atoms with Gasteiger partial charge in [-0.2, -0.15) is 0 Å². The molecule has 3 N–H and O–H groups in total. The third kappa shape index (κ3) is 2.55. The number of halogens is 1. The molecular formula is C12H15FN2O2. The maximum absolute atomic E-state index is 13.1. The highest BCUT2D eigenvalue weighted by Gasteiger charge is 2.27. The molecule has 0 unspecified atom stereocenters. The van der Waals surface area contributed by atoms with Crippen LogP contribution in [0.15, 0.2) is 18.2 Å². The molecule has 4 nitrogen and oxygen atoms in total. The summed E-state index contributed by atoms with van der Waals surface area (Å²) >= 11 is 0. The number of anilines is 1. The van der Waals surface area contributed by atoms with Crippen LogP contribution in [0, 0.1) is 5.82 Å². The fourth-order valence-corrected chi connectivity index (χ4v) is 1.92. The van der Waals surface area contributed by atoms with Crippen LogP contribution in [0.2, 0.25) is 0 Å². The van der Waals surface area contributed by atoms with Crippen LogP contribution in [-0.2, 0) is 4.74 Å². The molecule has 92 valence electrons. The van der Waals surface area contributed by atoms with Gasteiger partial charge in [0.15, 0.2) is 0 Å². The van der Waals surface area contributed by atoms with Crippen LogP contribution in [0.1, 0.15) is 23.2 Å². The lowest BCUT2D eigenvalue weighted by Crippen LogP contribution is -2.44. The summed E-state index contributed by atoms with van der Waals surface area (Å²) in [6.07, 6.45) is 1.66. The summed E-state index contributed by atoms with van der Waals surface area (Å²) in [5.41, 5.74) is 6.48. The quantitative estimate of drug-likeness (QED) is 0.783. The van der Waals surface area contributed by atoms with Gasteiger partial charge in [0.25, 0.3) is 0 Å². The number of carbonyl (C=O) groups is 1. The molecule has 5 heteroatoms. The van der Waals surface area contributed by atoms with Gasteiger partial charge in [-0.1, -0.05) is 0 Å². The molecular weight excluding hydrogens is 223 g/mol. The zero-order chi connectivity index (χ0) is 12.4. The maximum atomic E-state index is 13.1. The summed E-state index contributed by atoms with van der Waals surface area (Å²) in [5, 5.41) is 3.11. The molecule has 0 amide bonds. The summed E-state index contributed by atoms with van der Waals surface area (Å²) in [6, 6.07) is 4.36. The normalized spacial score (nSPS) is 22.8. The van der Waals surface area contributed by atoms with E-state index in [-0.39, 0.29) is 17.9 Å². The molecule has 1 aliphatic carbocycles. The van der Waals surface area contributed by atoms with Gasteiger partial charge >= 0.3 is 5.97 Å². The van der Waals surface area contributed by atoms with Crippen molar-refractivity contribution in [3.8, 4) is 0 Å². The van der Waals surface area contributed by atoms with Crippen molar-refractivity contribution in [2.75, 3.05) is 12.4 Å². The minimum Gasteiger partial charge on any atom is -0.465 e. The lowest BCUT2D eigenvalue weighted by molar-refractivity contribution is 0.0601. The molecule has 0 radical (unpaired) electrons.